The average molecular weight is 183 g/mol. The Labute approximate surface area is 73.6 Å². The first kappa shape index (κ1) is 33.0. The zero-order chi connectivity index (χ0) is 0. The van der Waals surface area contributed by atoms with E-state index in [1.54, 1.807) is 0 Å². The summed E-state index contributed by atoms with van der Waals surface area (Å²) in [6.07, 6.45) is 0. The molecule has 4 heavy (non-hydrogen) atoms. The monoisotopic (exact) mass is 183 g/mol. The van der Waals surface area contributed by atoms with Gasteiger partial charge in [0.25, 0.3) is 0 Å². The third-order valence-corrected chi connectivity index (χ3v) is 0. The summed E-state index contributed by atoms with van der Waals surface area (Å²) in [5.41, 5.74) is 0. The molecule has 0 nitrogen and oxygen atoms in total. The van der Waals surface area contributed by atoms with Crippen molar-refractivity contribution in [3.63, 3.8) is 0 Å². The van der Waals surface area contributed by atoms with Gasteiger partial charge in [0, 0.05) is 22.4 Å². The average Bonchev–Trinajstić information content (AvgIpc) is 0. The minimum Gasteiger partial charge on any atom is 0 e. The largest absolute Gasteiger partial charge is 0.187 e. The predicted octanol–water partition coefficient (Wildman–Crippen LogP) is -3.55. The molecular formula is H9Al3Nb. The maximum Gasteiger partial charge on any atom is 0.187 e. The van der Waals surface area contributed by atoms with Gasteiger partial charge in [0.05, 0.1) is 0 Å². The van der Waals surface area contributed by atoms with Gasteiger partial charge in [-0.05, 0) is 0 Å². The Hall–Kier alpha value is 2.34. The van der Waals surface area contributed by atoms with Gasteiger partial charge in [0.1, 0.15) is 0 Å². The molecule has 0 aromatic rings. The van der Waals surface area contributed by atoms with Crippen molar-refractivity contribution in [1.29, 1.82) is 0 Å². The van der Waals surface area contributed by atoms with E-state index in [1.807, 2.05) is 0 Å². The van der Waals surface area contributed by atoms with Gasteiger partial charge < -0.3 is 0 Å². The van der Waals surface area contributed by atoms with Crippen LogP contribution in [0.2, 0.25) is 0 Å². The molecule has 0 unspecified atom stereocenters. The molecule has 4 heteroatoms. The van der Waals surface area contributed by atoms with Crippen molar-refractivity contribution in [1.82, 2.24) is 0 Å². The van der Waals surface area contributed by atoms with Crippen LogP contribution in [0.1, 0.15) is 0 Å². The van der Waals surface area contributed by atoms with E-state index in [0.29, 0.717) is 0 Å². The van der Waals surface area contributed by atoms with Crippen LogP contribution in [-0.2, 0) is 22.4 Å². The van der Waals surface area contributed by atoms with Crippen LogP contribution in [0.3, 0.4) is 0 Å². The molecule has 23 valence electrons. The Balaban J connectivity index is 0. The minimum atomic E-state index is 0. The number of hydrogen-bond acceptors (Lipinski definition) is 0. The van der Waals surface area contributed by atoms with E-state index in [-0.39, 0.29) is 74.5 Å². The zero-order valence-corrected chi connectivity index (χ0v) is 2.65. The molecule has 0 saturated heterocycles. The van der Waals surface area contributed by atoms with Gasteiger partial charge in [-0.1, -0.05) is 0 Å². The Bertz CT molecular complexity index is 3.25. The van der Waals surface area contributed by atoms with Gasteiger partial charge in [0.2, 0.25) is 0 Å². The summed E-state index contributed by atoms with van der Waals surface area (Å²) in [5, 5.41) is 0. The quantitative estimate of drug-likeness (QED) is 0.341. The second kappa shape index (κ2) is 18.4. The van der Waals surface area contributed by atoms with E-state index >= 15 is 0 Å². The standard InChI is InChI=1S/3Al.Nb.9H. The summed E-state index contributed by atoms with van der Waals surface area (Å²) >= 11 is 0. The van der Waals surface area contributed by atoms with E-state index in [1.165, 1.54) is 0 Å². The van der Waals surface area contributed by atoms with Crippen LogP contribution >= 0.6 is 0 Å². The van der Waals surface area contributed by atoms with Crippen molar-refractivity contribution in [3.8, 4) is 0 Å². The van der Waals surface area contributed by atoms with E-state index in [2.05, 4.69) is 0 Å². The van der Waals surface area contributed by atoms with Crippen LogP contribution < -0.4 is 0 Å². The normalized spacial score (nSPS) is 0. The topological polar surface area (TPSA) is 0 Å². The Kier molecular flexibility index (Phi) is 152. The zero-order valence-electron chi connectivity index (χ0n) is 0.447. The second-order valence-corrected chi connectivity index (χ2v) is 0. The van der Waals surface area contributed by atoms with Gasteiger partial charge in [-0.2, -0.15) is 0 Å². The van der Waals surface area contributed by atoms with Crippen molar-refractivity contribution in [2.45, 2.75) is 0 Å². The molecule has 0 bridgehead atoms. The molecule has 0 spiro atoms. The molecule has 0 aliphatic rings. The van der Waals surface area contributed by atoms with E-state index in [9.17, 15) is 0 Å². The molecule has 0 aromatic heterocycles. The molecule has 0 atom stereocenters. The summed E-state index contributed by atoms with van der Waals surface area (Å²) < 4.78 is 0. The van der Waals surface area contributed by atoms with Crippen LogP contribution in [0, 0.1) is 0 Å². The first-order valence-electron chi connectivity index (χ1n) is 0. The van der Waals surface area contributed by atoms with Gasteiger partial charge in [-0.3, -0.25) is 0 Å². The summed E-state index contributed by atoms with van der Waals surface area (Å²) in [4.78, 5) is 0. The van der Waals surface area contributed by atoms with Crippen molar-refractivity contribution in [2.24, 2.45) is 0 Å². The fourth-order valence-corrected chi connectivity index (χ4v) is 0. The summed E-state index contributed by atoms with van der Waals surface area (Å²) in [7, 11) is 0. The van der Waals surface area contributed by atoms with Crippen LogP contribution in [-0.4, -0.2) is 52.1 Å². The van der Waals surface area contributed by atoms with E-state index in [0.717, 1.165) is 0 Å². The van der Waals surface area contributed by atoms with Crippen LogP contribution in [0.5, 0.6) is 0 Å². The third kappa shape index (κ3) is 8.84. The summed E-state index contributed by atoms with van der Waals surface area (Å²) in [5.74, 6) is 0. The van der Waals surface area contributed by atoms with Crippen molar-refractivity contribution >= 4 is 52.1 Å². The van der Waals surface area contributed by atoms with Crippen molar-refractivity contribution in [2.75, 3.05) is 0 Å². The van der Waals surface area contributed by atoms with Crippen LogP contribution in [0.4, 0.5) is 0 Å². The van der Waals surface area contributed by atoms with Crippen LogP contribution in [0.15, 0.2) is 0 Å². The maximum absolute atomic E-state index is 0. The van der Waals surface area contributed by atoms with Gasteiger partial charge in [0.15, 0.2) is 52.1 Å². The SMILES string of the molecule is [AlH3].[AlH3].[AlH3].[Nb]. The Morgan fingerprint density at radius 1 is 0.500 bits per heavy atom. The first-order valence-corrected chi connectivity index (χ1v) is 0. The first-order chi connectivity index (χ1) is 0. The molecule has 1 radical (unpaired) electrons. The Morgan fingerprint density at radius 3 is 0.500 bits per heavy atom. The minimum absolute atomic E-state index is 0. The number of hydrogen-bond donors (Lipinski definition) is 0. The van der Waals surface area contributed by atoms with Crippen molar-refractivity contribution < 1.29 is 22.4 Å². The molecule has 0 saturated carbocycles. The molecule has 0 aromatic carbocycles. The third-order valence-electron chi connectivity index (χ3n) is 0. The molecule has 0 amide bonds. The predicted molar refractivity (Wildman–Crippen MR) is 29.8 cm³/mol. The molecule has 0 aliphatic heterocycles. The summed E-state index contributed by atoms with van der Waals surface area (Å²) in [6, 6.07) is 0. The van der Waals surface area contributed by atoms with Gasteiger partial charge in [-0.15, -0.1) is 0 Å². The van der Waals surface area contributed by atoms with Gasteiger partial charge >= 0.3 is 0 Å². The van der Waals surface area contributed by atoms with Crippen molar-refractivity contribution in [3.05, 3.63) is 0 Å². The smallest absolute Gasteiger partial charge is 0 e. The number of rotatable bonds is 0. The Morgan fingerprint density at radius 2 is 0.500 bits per heavy atom. The van der Waals surface area contributed by atoms with Crippen LogP contribution in [0.25, 0.3) is 0 Å². The molecule has 0 aliphatic carbocycles. The van der Waals surface area contributed by atoms with E-state index < -0.39 is 0 Å². The molecular weight excluding hydrogens is 174 g/mol. The molecule has 0 heterocycles. The molecule has 0 fully saturated rings. The summed E-state index contributed by atoms with van der Waals surface area (Å²) in [6.45, 7) is 0. The fourth-order valence-electron chi connectivity index (χ4n) is 0. The molecule has 0 N–H and O–H groups in total. The maximum atomic E-state index is 0. The van der Waals surface area contributed by atoms with Gasteiger partial charge in [-0.25, -0.2) is 0 Å². The van der Waals surface area contributed by atoms with E-state index in [4.69, 9.17) is 0 Å². The second-order valence-electron chi connectivity index (χ2n) is 0. The fraction of sp³-hybridized carbons (Fsp3) is 0. The molecule has 0 rings (SSSR count).